The van der Waals surface area contributed by atoms with Crippen molar-refractivity contribution in [1.29, 1.82) is 0 Å². The van der Waals surface area contributed by atoms with Crippen LogP contribution in [0.3, 0.4) is 0 Å². The zero-order valence-electron chi connectivity index (χ0n) is 9.41. The molecule has 2 rings (SSSR count). The summed E-state index contributed by atoms with van der Waals surface area (Å²) < 4.78 is 24.7. The molecule has 0 aliphatic carbocycles. The molecule has 6 nitrogen and oxygen atoms in total. The van der Waals surface area contributed by atoms with E-state index in [9.17, 15) is 13.2 Å². The van der Waals surface area contributed by atoms with Crippen molar-refractivity contribution in [3.8, 4) is 0 Å². The van der Waals surface area contributed by atoms with Crippen LogP contribution in [0.2, 0.25) is 0 Å². The van der Waals surface area contributed by atoms with Crippen molar-refractivity contribution in [2.24, 2.45) is 0 Å². The minimum atomic E-state index is -2.99. The number of nitrogens with zero attached hydrogens (tertiary/aromatic N) is 3. The van der Waals surface area contributed by atoms with Gasteiger partial charge in [0.2, 0.25) is 0 Å². The SMILES string of the molecule is CS(=O)(=O)CCCn1nc2ccccn2c1=O. The van der Waals surface area contributed by atoms with Gasteiger partial charge in [0.05, 0.1) is 5.75 Å². The van der Waals surface area contributed by atoms with Crippen molar-refractivity contribution in [1.82, 2.24) is 14.2 Å². The van der Waals surface area contributed by atoms with E-state index < -0.39 is 9.84 Å². The Morgan fingerprint density at radius 1 is 1.35 bits per heavy atom. The zero-order chi connectivity index (χ0) is 12.5. The van der Waals surface area contributed by atoms with Crippen LogP contribution in [-0.2, 0) is 16.4 Å². The van der Waals surface area contributed by atoms with Crippen LogP contribution < -0.4 is 5.69 Å². The standard InChI is InChI=1S/C10H13N3O3S/c1-17(15,16)8-4-7-13-10(14)12-6-3-2-5-9(12)11-13/h2-3,5-6H,4,7-8H2,1H3. The van der Waals surface area contributed by atoms with Crippen LogP contribution in [0, 0.1) is 0 Å². The van der Waals surface area contributed by atoms with Gasteiger partial charge >= 0.3 is 5.69 Å². The molecule has 2 aromatic heterocycles. The van der Waals surface area contributed by atoms with E-state index in [0.29, 0.717) is 18.6 Å². The van der Waals surface area contributed by atoms with Crippen molar-refractivity contribution >= 4 is 15.5 Å². The van der Waals surface area contributed by atoms with E-state index in [2.05, 4.69) is 5.10 Å². The van der Waals surface area contributed by atoms with E-state index in [4.69, 9.17) is 0 Å². The lowest BCUT2D eigenvalue weighted by Gasteiger charge is -1.97. The van der Waals surface area contributed by atoms with Gasteiger partial charge in [0.25, 0.3) is 0 Å². The summed E-state index contributed by atoms with van der Waals surface area (Å²) in [6.45, 7) is 0.313. The Balaban J connectivity index is 2.20. The molecule has 0 N–H and O–H groups in total. The highest BCUT2D eigenvalue weighted by molar-refractivity contribution is 7.90. The van der Waals surface area contributed by atoms with Crippen LogP contribution in [0.15, 0.2) is 29.2 Å². The van der Waals surface area contributed by atoms with Crippen LogP contribution >= 0.6 is 0 Å². The molecule has 0 amide bonds. The molecule has 0 bridgehead atoms. The summed E-state index contributed by atoms with van der Waals surface area (Å²) in [6, 6.07) is 5.27. The number of hydrogen-bond donors (Lipinski definition) is 0. The average molecular weight is 255 g/mol. The first-order chi connectivity index (χ1) is 7.97. The van der Waals surface area contributed by atoms with Crippen LogP contribution in [0.5, 0.6) is 0 Å². The largest absolute Gasteiger partial charge is 0.350 e. The monoisotopic (exact) mass is 255 g/mol. The van der Waals surface area contributed by atoms with E-state index in [1.807, 2.05) is 0 Å². The van der Waals surface area contributed by atoms with Gasteiger partial charge in [-0.05, 0) is 18.6 Å². The van der Waals surface area contributed by atoms with Gasteiger partial charge in [-0.2, -0.15) is 0 Å². The molecule has 2 heterocycles. The number of hydrogen-bond acceptors (Lipinski definition) is 4. The van der Waals surface area contributed by atoms with Gasteiger partial charge in [-0.1, -0.05) is 6.07 Å². The van der Waals surface area contributed by atoms with Crippen molar-refractivity contribution < 1.29 is 8.42 Å². The molecular formula is C10H13N3O3S. The first-order valence-electron chi connectivity index (χ1n) is 5.19. The van der Waals surface area contributed by atoms with Crippen molar-refractivity contribution in [2.75, 3.05) is 12.0 Å². The van der Waals surface area contributed by atoms with E-state index in [1.54, 1.807) is 24.4 Å². The molecule has 0 aliphatic heterocycles. The number of sulfone groups is 1. The van der Waals surface area contributed by atoms with Crippen LogP contribution in [0.4, 0.5) is 0 Å². The van der Waals surface area contributed by atoms with E-state index in [0.717, 1.165) is 0 Å². The first kappa shape index (κ1) is 11.8. The lowest BCUT2D eigenvalue weighted by atomic mass is 10.5. The van der Waals surface area contributed by atoms with Crippen LogP contribution in [0.1, 0.15) is 6.42 Å². The second kappa shape index (κ2) is 4.33. The normalized spacial score (nSPS) is 12.1. The molecule has 17 heavy (non-hydrogen) atoms. The van der Waals surface area contributed by atoms with Gasteiger partial charge < -0.3 is 0 Å². The Hall–Kier alpha value is -1.63. The van der Waals surface area contributed by atoms with E-state index in [1.165, 1.54) is 15.3 Å². The third-order valence-corrected chi connectivity index (χ3v) is 3.40. The maximum atomic E-state index is 11.8. The number of rotatable bonds is 4. The van der Waals surface area contributed by atoms with E-state index in [-0.39, 0.29) is 11.4 Å². The number of fused-ring (bicyclic) bond motifs is 1. The Labute approximate surface area is 98.4 Å². The molecule has 92 valence electrons. The summed E-state index contributed by atoms with van der Waals surface area (Å²) in [5.41, 5.74) is 0.325. The fraction of sp³-hybridized carbons (Fsp3) is 0.400. The van der Waals surface area contributed by atoms with Crippen molar-refractivity contribution in [3.05, 3.63) is 34.9 Å². The van der Waals surface area contributed by atoms with Gasteiger partial charge in [-0.3, -0.25) is 4.40 Å². The Morgan fingerprint density at radius 3 is 2.76 bits per heavy atom. The zero-order valence-corrected chi connectivity index (χ0v) is 10.2. The minimum absolute atomic E-state index is 0.0628. The molecule has 2 aromatic rings. The molecule has 0 saturated carbocycles. The highest BCUT2D eigenvalue weighted by Gasteiger charge is 2.07. The van der Waals surface area contributed by atoms with Crippen LogP contribution in [-0.4, -0.2) is 34.6 Å². The van der Waals surface area contributed by atoms with Crippen molar-refractivity contribution in [2.45, 2.75) is 13.0 Å². The molecule has 0 spiro atoms. The van der Waals surface area contributed by atoms with Gasteiger partial charge in [0, 0.05) is 19.0 Å². The lowest BCUT2D eigenvalue weighted by molar-refractivity contribution is 0.565. The van der Waals surface area contributed by atoms with Gasteiger partial charge in [0.1, 0.15) is 9.84 Å². The molecule has 0 aliphatic rings. The fourth-order valence-corrected chi connectivity index (χ4v) is 2.24. The fourth-order valence-electron chi connectivity index (χ4n) is 1.59. The number of pyridine rings is 1. The summed E-state index contributed by atoms with van der Waals surface area (Å²) in [4.78, 5) is 11.8. The minimum Gasteiger partial charge on any atom is -0.250 e. The molecule has 0 radical (unpaired) electrons. The van der Waals surface area contributed by atoms with Crippen molar-refractivity contribution in [3.63, 3.8) is 0 Å². The summed E-state index contributed by atoms with van der Waals surface area (Å²) in [7, 11) is -2.99. The lowest BCUT2D eigenvalue weighted by Crippen LogP contribution is -2.22. The molecule has 7 heteroatoms. The maximum Gasteiger partial charge on any atom is 0.350 e. The summed E-state index contributed by atoms with van der Waals surface area (Å²) in [5.74, 6) is 0.0628. The molecule has 0 saturated heterocycles. The van der Waals surface area contributed by atoms with Gasteiger partial charge in [0.15, 0.2) is 5.65 Å². The summed E-state index contributed by atoms with van der Waals surface area (Å²) in [6.07, 6.45) is 3.21. The highest BCUT2D eigenvalue weighted by Crippen LogP contribution is 1.97. The Bertz CT molecular complexity index is 684. The summed E-state index contributed by atoms with van der Waals surface area (Å²) >= 11 is 0. The molecule has 0 fully saturated rings. The third kappa shape index (κ3) is 2.73. The predicted octanol–water partition coefficient (Wildman–Crippen LogP) is -0.0693. The van der Waals surface area contributed by atoms with Gasteiger partial charge in [-0.25, -0.2) is 17.9 Å². The number of aromatic nitrogens is 3. The maximum absolute atomic E-state index is 11.8. The molecular weight excluding hydrogens is 242 g/mol. The first-order valence-corrected chi connectivity index (χ1v) is 7.25. The second-order valence-corrected chi connectivity index (χ2v) is 6.18. The molecule has 0 unspecified atom stereocenters. The smallest absolute Gasteiger partial charge is 0.250 e. The van der Waals surface area contributed by atoms with Crippen LogP contribution in [0.25, 0.3) is 5.65 Å². The molecule has 0 atom stereocenters. The number of aryl methyl sites for hydroxylation is 1. The summed E-state index contributed by atoms with van der Waals surface area (Å²) in [5, 5.41) is 4.10. The highest BCUT2D eigenvalue weighted by atomic mass is 32.2. The van der Waals surface area contributed by atoms with Gasteiger partial charge in [-0.15, -0.1) is 5.10 Å². The predicted molar refractivity (Wildman–Crippen MR) is 63.8 cm³/mol. The third-order valence-electron chi connectivity index (χ3n) is 2.37. The van der Waals surface area contributed by atoms with E-state index >= 15 is 0 Å². The Morgan fingerprint density at radius 2 is 2.12 bits per heavy atom. The quantitative estimate of drug-likeness (QED) is 0.766. The Kier molecular flexibility index (Phi) is 3.01. The topological polar surface area (TPSA) is 73.4 Å². The second-order valence-electron chi connectivity index (χ2n) is 3.92. The molecule has 0 aromatic carbocycles. The average Bonchev–Trinajstić information content (AvgIpc) is 2.55.